The molecule has 114 valence electrons. The van der Waals surface area contributed by atoms with Crippen LogP contribution in [0.3, 0.4) is 0 Å². The minimum atomic E-state index is -1.59. The van der Waals surface area contributed by atoms with Crippen molar-refractivity contribution in [2.75, 3.05) is 21.3 Å². The molecule has 0 amide bonds. The molecule has 0 saturated heterocycles. The maximum absolute atomic E-state index is 12.3. The molecule has 0 aliphatic heterocycles. The normalized spacial score (nSPS) is 19.3. The number of carbonyl (C=O) groups excluding carboxylic acids is 3. The van der Waals surface area contributed by atoms with Crippen LogP contribution >= 0.6 is 11.3 Å². The Hall–Kier alpha value is -1.89. The van der Waals surface area contributed by atoms with E-state index in [4.69, 9.17) is 14.2 Å². The van der Waals surface area contributed by atoms with E-state index in [0.29, 0.717) is 11.3 Å². The van der Waals surface area contributed by atoms with Gasteiger partial charge in [0.15, 0.2) is 5.41 Å². The molecule has 0 bridgehead atoms. The van der Waals surface area contributed by atoms with Gasteiger partial charge in [-0.1, -0.05) is 0 Å². The summed E-state index contributed by atoms with van der Waals surface area (Å²) in [6, 6.07) is 1.80. The number of rotatable bonds is 3. The highest BCUT2D eigenvalue weighted by Crippen LogP contribution is 2.45. The zero-order valence-corrected chi connectivity index (χ0v) is 12.8. The van der Waals surface area contributed by atoms with Crippen LogP contribution in [0.2, 0.25) is 0 Å². The average Bonchev–Trinajstić information content (AvgIpc) is 3.00. The number of ether oxygens (including phenoxy) is 3. The van der Waals surface area contributed by atoms with Crippen molar-refractivity contribution in [1.29, 1.82) is 0 Å². The molecule has 1 aromatic heterocycles. The first kappa shape index (κ1) is 15.5. The molecule has 0 aromatic carbocycles. The number of thiophene rings is 1. The van der Waals surface area contributed by atoms with Gasteiger partial charge in [-0.05, 0) is 29.9 Å². The van der Waals surface area contributed by atoms with Crippen molar-refractivity contribution in [2.45, 2.75) is 18.3 Å². The van der Waals surface area contributed by atoms with Crippen molar-refractivity contribution in [1.82, 2.24) is 0 Å². The zero-order chi connectivity index (χ0) is 15.6. The van der Waals surface area contributed by atoms with Crippen LogP contribution in [0, 0.1) is 5.92 Å². The second-order valence-corrected chi connectivity index (χ2v) is 5.71. The topological polar surface area (TPSA) is 78.9 Å². The van der Waals surface area contributed by atoms with Crippen molar-refractivity contribution >= 4 is 29.2 Å². The summed E-state index contributed by atoms with van der Waals surface area (Å²) in [5.41, 5.74) is -0.818. The molecular weight excluding hydrogens is 296 g/mol. The van der Waals surface area contributed by atoms with Crippen LogP contribution in [0.15, 0.2) is 11.4 Å². The van der Waals surface area contributed by atoms with Crippen LogP contribution in [0.25, 0.3) is 0 Å². The first-order valence-corrected chi connectivity index (χ1v) is 7.20. The average molecular weight is 312 g/mol. The van der Waals surface area contributed by atoms with E-state index in [2.05, 4.69) is 0 Å². The van der Waals surface area contributed by atoms with Crippen LogP contribution in [0.1, 0.15) is 16.9 Å². The molecule has 1 atom stereocenters. The smallest absolute Gasteiger partial charge is 0.328 e. The fourth-order valence-electron chi connectivity index (χ4n) is 2.79. The highest BCUT2D eigenvalue weighted by Gasteiger charge is 2.56. The van der Waals surface area contributed by atoms with E-state index in [1.54, 1.807) is 11.4 Å². The Morgan fingerprint density at radius 2 is 1.76 bits per heavy atom. The molecule has 1 aromatic rings. The molecule has 1 unspecified atom stereocenters. The standard InChI is InChI=1S/C14H16O6S/c1-18-11(15)9-6-8-4-5-21-10(8)14(7-9,12(16)19-2)13(17)20-3/h4-5,9H,6-7H2,1-3H3. The van der Waals surface area contributed by atoms with Gasteiger partial charge in [0.2, 0.25) is 0 Å². The minimum Gasteiger partial charge on any atom is -0.469 e. The van der Waals surface area contributed by atoms with Gasteiger partial charge in [-0.3, -0.25) is 14.4 Å². The van der Waals surface area contributed by atoms with Crippen molar-refractivity contribution in [3.05, 3.63) is 21.9 Å². The number of hydrogen-bond acceptors (Lipinski definition) is 7. The SMILES string of the molecule is COC(=O)C1Cc2ccsc2C(C(=O)OC)(C(=O)OC)C1. The quantitative estimate of drug-likeness (QED) is 0.472. The number of methoxy groups -OCH3 is 3. The van der Waals surface area contributed by atoms with Crippen molar-refractivity contribution in [3.63, 3.8) is 0 Å². The lowest BCUT2D eigenvalue weighted by Crippen LogP contribution is -2.50. The van der Waals surface area contributed by atoms with E-state index in [1.165, 1.54) is 32.7 Å². The summed E-state index contributed by atoms with van der Waals surface area (Å²) in [5, 5.41) is 1.78. The maximum atomic E-state index is 12.3. The number of esters is 3. The molecule has 0 fully saturated rings. The van der Waals surface area contributed by atoms with E-state index in [-0.39, 0.29) is 6.42 Å². The molecule has 6 nitrogen and oxygen atoms in total. The Labute approximate surface area is 126 Å². The molecule has 0 saturated carbocycles. The summed E-state index contributed by atoms with van der Waals surface area (Å²) < 4.78 is 14.4. The lowest BCUT2D eigenvalue weighted by molar-refractivity contribution is -0.164. The first-order valence-electron chi connectivity index (χ1n) is 6.32. The molecular formula is C14H16O6S. The highest BCUT2D eigenvalue weighted by atomic mass is 32.1. The van der Waals surface area contributed by atoms with Gasteiger partial charge < -0.3 is 14.2 Å². The van der Waals surface area contributed by atoms with E-state index >= 15 is 0 Å². The minimum absolute atomic E-state index is 0.00741. The van der Waals surface area contributed by atoms with Gasteiger partial charge in [-0.2, -0.15) is 0 Å². The van der Waals surface area contributed by atoms with Crippen molar-refractivity contribution < 1.29 is 28.6 Å². The highest BCUT2D eigenvalue weighted by molar-refractivity contribution is 7.10. The molecule has 1 heterocycles. The van der Waals surface area contributed by atoms with Crippen LogP contribution in [0.4, 0.5) is 0 Å². The molecule has 0 spiro atoms. The van der Waals surface area contributed by atoms with E-state index in [0.717, 1.165) is 5.56 Å². The summed E-state index contributed by atoms with van der Waals surface area (Å²) in [5.74, 6) is -2.47. The van der Waals surface area contributed by atoms with Gasteiger partial charge in [0.25, 0.3) is 0 Å². The first-order chi connectivity index (χ1) is 10.0. The van der Waals surface area contributed by atoms with Gasteiger partial charge in [0.05, 0.1) is 27.2 Å². The molecule has 1 aliphatic rings. The Kier molecular flexibility index (Phi) is 4.32. The lowest BCUT2D eigenvalue weighted by Gasteiger charge is -2.35. The molecule has 0 N–H and O–H groups in total. The summed E-state index contributed by atoms with van der Waals surface area (Å²) in [4.78, 5) is 37.1. The van der Waals surface area contributed by atoms with Gasteiger partial charge in [0.1, 0.15) is 0 Å². The Morgan fingerprint density at radius 1 is 1.14 bits per heavy atom. The maximum Gasteiger partial charge on any atom is 0.328 e. The van der Waals surface area contributed by atoms with Crippen LogP contribution < -0.4 is 0 Å². The largest absolute Gasteiger partial charge is 0.469 e. The Morgan fingerprint density at radius 3 is 2.29 bits per heavy atom. The monoisotopic (exact) mass is 312 g/mol. The van der Waals surface area contributed by atoms with Crippen LogP contribution in [0.5, 0.6) is 0 Å². The predicted molar refractivity (Wildman–Crippen MR) is 73.9 cm³/mol. The summed E-state index contributed by atoms with van der Waals surface area (Å²) in [6.45, 7) is 0. The van der Waals surface area contributed by atoms with Crippen molar-refractivity contribution in [2.24, 2.45) is 5.92 Å². The molecule has 0 radical (unpaired) electrons. The summed E-state index contributed by atoms with van der Waals surface area (Å²) in [6.07, 6.45) is 0.424. The van der Waals surface area contributed by atoms with E-state index in [9.17, 15) is 14.4 Å². The second-order valence-electron chi connectivity index (χ2n) is 4.79. The molecule has 7 heteroatoms. The number of fused-ring (bicyclic) bond motifs is 1. The number of carbonyl (C=O) groups is 3. The van der Waals surface area contributed by atoms with Gasteiger partial charge in [-0.25, -0.2) is 0 Å². The zero-order valence-electron chi connectivity index (χ0n) is 12.0. The summed E-state index contributed by atoms with van der Waals surface area (Å²) in [7, 11) is 3.70. The third kappa shape index (κ3) is 2.31. The fraction of sp³-hybridized carbons (Fsp3) is 0.500. The molecule has 21 heavy (non-hydrogen) atoms. The molecule has 2 rings (SSSR count). The predicted octanol–water partition coefficient (Wildman–Crippen LogP) is 1.07. The van der Waals surface area contributed by atoms with Crippen molar-refractivity contribution in [3.8, 4) is 0 Å². The third-order valence-corrected chi connectivity index (χ3v) is 4.87. The molecule has 1 aliphatic carbocycles. The fourth-order valence-corrected chi connectivity index (χ4v) is 3.91. The van der Waals surface area contributed by atoms with Gasteiger partial charge in [-0.15, -0.1) is 11.3 Å². The number of hydrogen-bond donors (Lipinski definition) is 0. The van der Waals surface area contributed by atoms with Gasteiger partial charge in [0, 0.05) is 4.88 Å². The second kappa shape index (κ2) is 5.85. The third-order valence-electron chi connectivity index (χ3n) is 3.76. The summed E-state index contributed by atoms with van der Waals surface area (Å²) >= 11 is 1.29. The Bertz CT molecular complexity index is 560. The van der Waals surface area contributed by atoms with E-state index in [1.807, 2.05) is 0 Å². The lowest BCUT2D eigenvalue weighted by atomic mass is 9.70. The van der Waals surface area contributed by atoms with E-state index < -0.39 is 29.2 Å². The Balaban J connectivity index is 2.59. The van der Waals surface area contributed by atoms with Crippen LogP contribution in [-0.4, -0.2) is 39.2 Å². The van der Waals surface area contributed by atoms with Gasteiger partial charge >= 0.3 is 17.9 Å². The van der Waals surface area contributed by atoms with Crippen LogP contribution in [-0.2, 0) is 40.4 Å².